The Bertz CT molecular complexity index is 486. The van der Waals surface area contributed by atoms with Crippen molar-refractivity contribution in [2.24, 2.45) is 0 Å². The zero-order chi connectivity index (χ0) is 13.1. The third kappa shape index (κ3) is 2.17. The number of methoxy groups -OCH3 is 1. The molecular formula is C12H12N2O4. The van der Waals surface area contributed by atoms with Crippen molar-refractivity contribution in [1.29, 1.82) is 0 Å². The average molecular weight is 248 g/mol. The second-order valence-electron chi connectivity index (χ2n) is 3.80. The first-order chi connectivity index (χ1) is 8.63. The quantitative estimate of drug-likeness (QED) is 0.575. The molecule has 94 valence electrons. The Balaban J connectivity index is 2.26. The van der Waals surface area contributed by atoms with E-state index in [9.17, 15) is 14.4 Å². The van der Waals surface area contributed by atoms with Crippen molar-refractivity contribution >= 4 is 23.5 Å². The minimum absolute atomic E-state index is 0.0707. The van der Waals surface area contributed by atoms with Crippen molar-refractivity contribution in [1.82, 2.24) is 5.32 Å². The number of nitrogens with one attached hydrogen (secondary N) is 1. The third-order valence-corrected chi connectivity index (χ3v) is 2.66. The predicted molar refractivity (Wildman–Crippen MR) is 62.7 cm³/mol. The Morgan fingerprint density at radius 2 is 2.00 bits per heavy atom. The number of benzene rings is 1. The molecule has 1 N–H and O–H groups in total. The fraction of sp³-hybridized carbons (Fsp3) is 0.250. The molecule has 1 aliphatic heterocycles. The summed E-state index contributed by atoms with van der Waals surface area (Å²) in [5, 5.41) is 2.31. The molecule has 1 aromatic carbocycles. The number of ether oxygens (including phenoxy) is 1. The Kier molecular flexibility index (Phi) is 3.27. The molecule has 1 saturated heterocycles. The lowest BCUT2D eigenvalue weighted by molar-refractivity contribution is -0.148. The van der Waals surface area contributed by atoms with Crippen molar-refractivity contribution < 1.29 is 19.1 Å². The summed E-state index contributed by atoms with van der Waals surface area (Å²) in [6.07, 6.45) is 0. The van der Waals surface area contributed by atoms with Gasteiger partial charge in [0.05, 0.1) is 13.7 Å². The van der Waals surface area contributed by atoms with Gasteiger partial charge in [0.2, 0.25) is 0 Å². The van der Waals surface area contributed by atoms with E-state index < -0.39 is 23.8 Å². The van der Waals surface area contributed by atoms with E-state index in [4.69, 9.17) is 0 Å². The minimum atomic E-state index is -0.833. The van der Waals surface area contributed by atoms with Gasteiger partial charge in [-0.1, -0.05) is 18.2 Å². The summed E-state index contributed by atoms with van der Waals surface area (Å²) >= 11 is 0. The molecule has 1 unspecified atom stereocenters. The second kappa shape index (κ2) is 4.87. The third-order valence-electron chi connectivity index (χ3n) is 2.66. The number of rotatable bonds is 2. The van der Waals surface area contributed by atoms with Crippen LogP contribution in [0.5, 0.6) is 0 Å². The van der Waals surface area contributed by atoms with E-state index in [2.05, 4.69) is 10.1 Å². The molecule has 0 aliphatic carbocycles. The maximum absolute atomic E-state index is 11.7. The number of piperazine rings is 1. The van der Waals surface area contributed by atoms with E-state index in [1.165, 1.54) is 12.0 Å². The molecule has 0 spiro atoms. The first-order valence-electron chi connectivity index (χ1n) is 5.38. The zero-order valence-electron chi connectivity index (χ0n) is 9.75. The molecule has 2 amide bonds. The lowest BCUT2D eigenvalue weighted by Crippen LogP contribution is -2.60. The SMILES string of the molecule is COC(=O)C1CN(c2ccccc2)C(=O)C(=O)N1. The van der Waals surface area contributed by atoms with Crippen LogP contribution >= 0.6 is 0 Å². The smallest absolute Gasteiger partial charge is 0.330 e. The van der Waals surface area contributed by atoms with Crippen LogP contribution in [0.15, 0.2) is 30.3 Å². The normalized spacial score (nSPS) is 19.4. The molecule has 1 aliphatic rings. The van der Waals surface area contributed by atoms with Crippen LogP contribution in [0.25, 0.3) is 0 Å². The fourth-order valence-corrected chi connectivity index (χ4v) is 1.76. The molecule has 0 aromatic heterocycles. The molecule has 0 saturated carbocycles. The average Bonchev–Trinajstić information content (AvgIpc) is 2.41. The number of hydrogen-bond donors (Lipinski definition) is 1. The molecule has 6 nitrogen and oxygen atoms in total. The molecule has 1 aromatic rings. The second-order valence-corrected chi connectivity index (χ2v) is 3.80. The van der Waals surface area contributed by atoms with E-state index in [1.807, 2.05) is 0 Å². The van der Waals surface area contributed by atoms with Crippen LogP contribution < -0.4 is 10.2 Å². The first kappa shape index (κ1) is 12.1. The fourth-order valence-electron chi connectivity index (χ4n) is 1.76. The maximum Gasteiger partial charge on any atom is 0.330 e. The first-order valence-corrected chi connectivity index (χ1v) is 5.38. The minimum Gasteiger partial charge on any atom is -0.467 e. The summed E-state index contributed by atoms with van der Waals surface area (Å²) in [4.78, 5) is 35.9. The number of hydrogen-bond acceptors (Lipinski definition) is 4. The van der Waals surface area contributed by atoms with Gasteiger partial charge in [0.1, 0.15) is 6.04 Å². The largest absolute Gasteiger partial charge is 0.467 e. The van der Waals surface area contributed by atoms with Crippen LogP contribution in [-0.2, 0) is 19.1 Å². The van der Waals surface area contributed by atoms with Gasteiger partial charge >= 0.3 is 17.8 Å². The van der Waals surface area contributed by atoms with Crippen LogP contribution in [0.1, 0.15) is 0 Å². The molecule has 0 radical (unpaired) electrons. The molecule has 18 heavy (non-hydrogen) atoms. The highest BCUT2D eigenvalue weighted by Crippen LogP contribution is 2.16. The Hall–Kier alpha value is -2.37. The van der Waals surface area contributed by atoms with Crippen LogP contribution in [0.3, 0.4) is 0 Å². The van der Waals surface area contributed by atoms with Crippen LogP contribution in [-0.4, -0.2) is 37.5 Å². The summed E-state index contributed by atoms with van der Waals surface area (Å²) in [7, 11) is 1.23. The van der Waals surface area contributed by atoms with Gasteiger partial charge in [-0.3, -0.25) is 9.59 Å². The van der Waals surface area contributed by atoms with Gasteiger partial charge < -0.3 is 15.0 Å². The van der Waals surface area contributed by atoms with Crippen molar-refractivity contribution in [2.75, 3.05) is 18.6 Å². The van der Waals surface area contributed by atoms with Gasteiger partial charge in [-0.25, -0.2) is 4.79 Å². The number of esters is 1. The molecule has 1 heterocycles. The number of para-hydroxylation sites is 1. The number of amides is 2. The van der Waals surface area contributed by atoms with Gasteiger partial charge in [0.15, 0.2) is 0 Å². The van der Waals surface area contributed by atoms with Gasteiger partial charge in [-0.15, -0.1) is 0 Å². The van der Waals surface area contributed by atoms with Crippen LogP contribution in [0.4, 0.5) is 5.69 Å². The maximum atomic E-state index is 11.7. The number of carbonyl (C=O) groups excluding carboxylic acids is 3. The van der Waals surface area contributed by atoms with Crippen LogP contribution in [0, 0.1) is 0 Å². The molecule has 1 fully saturated rings. The van der Waals surface area contributed by atoms with E-state index in [1.54, 1.807) is 30.3 Å². The summed E-state index contributed by atoms with van der Waals surface area (Å²) < 4.78 is 4.57. The van der Waals surface area contributed by atoms with E-state index in [-0.39, 0.29) is 6.54 Å². The Morgan fingerprint density at radius 3 is 2.61 bits per heavy atom. The highest BCUT2D eigenvalue weighted by atomic mass is 16.5. The topological polar surface area (TPSA) is 75.7 Å². The monoisotopic (exact) mass is 248 g/mol. The highest BCUT2D eigenvalue weighted by Gasteiger charge is 2.36. The van der Waals surface area contributed by atoms with E-state index in [0.717, 1.165) is 0 Å². The van der Waals surface area contributed by atoms with Crippen LogP contribution in [0.2, 0.25) is 0 Å². The predicted octanol–water partition coefficient (Wildman–Crippen LogP) is -0.309. The van der Waals surface area contributed by atoms with E-state index >= 15 is 0 Å². The van der Waals surface area contributed by atoms with Crippen molar-refractivity contribution in [3.63, 3.8) is 0 Å². The molecule has 2 rings (SSSR count). The lowest BCUT2D eigenvalue weighted by atomic mass is 10.1. The standard InChI is InChI=1S/C12H12N2O4/c1-18-12(17)9-7-14(11(16)10(15)13-9)8-5-3-2-4-6-8/h2-6,9H,7H2,1H3,(H,13,15). The summed E-state index contributed by atoms with van der Waals surface area (Å²) in [5.41, 5.74) is 0.575. The molecule has 6 heteroatoms. The lowest BCUT2D eigenvalue weighted by Gasteiger charge is -2.31. The van der Waals surface area contributed by atoms with Crippen molar-refractivity contribution in [3.8, 4) is 0 Å². The van der Waals surface area contributed by atoms with Gasteiger partial charge in [-0.05, 0) is 12.1 Å². The van der Waals surface area contributed by atoms with Crippen molar-refractivity contribution in [3.05, 3.63) is 30.3 Å². The summed E-state index contributed by atoms with van der Waals surface area (Å²) in [6, 6.07) is 7.87. The zero-order valence-corrected chi connectivity index (χ0v) is 9.75. The Labute approximate surface area is 104 Å². The Morgan fingerprint density at radius 1 is 1.33 bits per heavy atom. The number of carbonyl (C=O) groups is 3. The highest BCUT2D eigenvalue weighted by molar-refractivity contribution is 6.41. The van der Waals surface area contributed by atoms with Gasteiger partial charge in [-0.2, -0.15) is 0 Å². The summed E-state index contributed by atoms with van der Waals surface area (Å²) in [6.45, 7) is 0.0707. The molecular weight excluding hydrogens is 236 g/mol. The number of anilines is 1. The summed E-state index contributed by atoms with van der Waals surface area (Å²) in [5.74, 6) is -2.06. The van der Waals surface area contributed by atoms with E-state index in [0.29, 0.717) is 5.69 Å². The molecule has 1 atom stereocenters. The molecule has 0 bridgehead atoms. The van der Waals surface area contributed by atoms with Gasteiger partial charge in [0, 0.05) is 5.69 Å². The van der Waals surface area contributed by atoms with Gasteiger partial charge in [0.25, 0.3) is 0 Å². The van der Waals surface area contributed by atoms with Crippen molar-refractivity contribution in [2.45, 2.75) is 6.04 Å². The number of nitrogens with zero attached hydrogens (tertiary/aromatic N) is 1.